The molecule has 1 aromatic carbocycles. The number of anilines is 1. The van der Waals surface area contributed by atoms with Crippen molar-refractivity contribution in [3.8, 4) is 0 Å². The Balaban J connectivity index is 1.49. The zero-order chi connectivity index (χ0) is 18.1. The van der Waals surface area contributed by atoms with E-state index in [1.54, 1.807) is 0 Å². The molecule has 6 nitrogen and oxygen atoms in total. The molecule has 3 heterocycles. The number of carbonyl (C=O) groups is 1. The van der Waals surface area contributed by atoms with E-state index >= 15 is 0 Å². The van der Waals surface area contributed by atoms with Gasteiger partial charge in [0.2, 0.25) is 5.91 Å². The van der Waals surface area contributed by atoms with Crippen molar-refractivity contribution in [3.63, 3.8) is 0 Å². The van der Waals surface area contributed by atoms with Crippen molar-refractivity contribution in [2.24, 2.45) is 0 Å². The molecule has 0 atom stereocenters. The average Bonchev–Trinajstić information content (AvgIpc) is 3.21. The molecule has 0 aliphatic carbocycles. The van der Waals surface area contributed by atoms with Gasteiger partial charge in [0.05, 0.1) is 11.2 Å². The first-order valence-corrected chi connectivity index (χ1v) is 10.1. The summed E-state index contributed by atoms with van der Waals surface area (Å²) >= 11 is 2.97. The summed E-state index contributed by atoms with van der Waals surface area (Å²) in [7, 11) is 0. The number of carbonyl (C=O) groups excluding carboxylic acids is 1. The molecule has 0 radical (unpaired) electrons. The quantitative estimate of drug-likeness (QED) is 0.526. The van der Waals surface area contributed by atoms with Crippen LogP contribution in [-0.4, -0.2) is 31.2 Å². The molecule has 0 saturated heterocycles. The second kappa shape index (κ2) is 7.05. The fraction of sp³-hybridized carbons (Fsp3) is 0.222. The Labute approximate surface area is 158 Å². The highest BCUT2D eigenvalue weighted by atomic mass is 32.2. The Morgan fingerprint density at radius 3 is 2.92 bits per heavy atom. The standard InChI is InChI=1S/C18H17N5OS2/c1-11-9-15-21-22-18(23(15)14-6-4-3-5-13(11)14)25-8-7-16(24)20-17-19-12(2)10-26-17/h3-6,9-10H,7-8H2,1-2H3,(H,19,20,24). The van der Waals surface area contributed by atoms with Crippen LogP contribution < -0.4 is 5.32 Å². The lowest BCUT2D eigenvalue weighted by atomic mass is 10.1. The molecule has 0 saturated carbocycles. The van der Waals surface area contributed by atoms with Gasteiger partial charge < -0.3 is 5.32 Å². The van der Waals surface area contributed by atoms with Crippen LogP contribution in [0.4, 0.5) is 5.13 Å². The van der Waals surface area contributed by atoms with Crippen molar-refractivity contribution in [2.75, 3.05) is 11.1 Å². The summed E-state index contributed by atoms with van der Waals surface area (Å²) in [4.78, 5) is 16.3. The van der Waals surface area contributed by atoms with Crippen molar-refractivity contribution in [3.05, 3.63) is 47.0 Å². The van der Waals surface area contributed by atoms with Crippen molar-refractivity contribution in [1.29, 1.82) is 0 Å². The number of pyridine rings is 1. The van der Waals surface area contributed by atoms with Crippen LogP contribution in [0, 0.1) is 13.8 Å². The van der Waals surface area contributed by atoms with Crippen LogP contribution in [0.15, 0.2) is 40.9 Å². The number of rotatable bonds is 5. The van der Waals surface area contributed by atoms with Crippen molar-refractivity contribution in [2.45, 2.75) is 25.4 Å². The Kier molecular flexibility index (Phi) is 4.60. The van der Waals surface area contributed by atoms with Crippen molar-refractivity contribution in [1.82, 2.24) is 19.6 Å². The van der Waals surface area contributed by atoms with Crippen LogP contribution in [0.5, 0.6) is 0 Å². The minimum Gasteiger partial charge on any atom is -0.302 e. The van der Waals surface area contributed by atoms with E-state index in [1.165, 1.54) is 34.0 Å². The summed E-state index contributed by atoms with van der Waals surface area (Å²) in [5.74, 6) is 0.584. The van der Waals surface area contributed by atoms with E-state index in [-0.39, 0.29) is 5.91 Å². The number of thioether (sulfide) groups is 1. The third kappa shape index (κ3) is 3.30. The van der Waals surface area contributed by atoms with E-state index < -0.39 is 0 Å². The maximum Gasteiger partial charge on any atom is 0.226 e. The van der Waals surface area contributed by atoms with E-state index in [9.17, 15) is 4.79 Å². The summed E-state index contributed by atoms with van der Waals surface area (Å²) in [6.07, 6.45) is 0.391. The number of hydrogen-bond donors (Lipinski definition) is 1. The van der Waals surface area contributed by atoms with Gasteiger partial charge in [-0.1, -0.05) is 30.0 Å². The molecule has 3 aromatic heterocycles. The molecular weight excluding hydrogens is 366 g/mol. The summed E-state index contributed by atoms with van der Waals surface area (Å²) in [5.41, 5.74) is 4.00. The molecule has 0 aliphatic heterocycles. The Hall–Kier alpha value is -2.45. The number of amides is 1. The zero-order valence-electron chi connectivity index (χ0n) is 14.4. The molecule has 0 unspecified atom stereocenters. The molecule has 0 bridgehead atoms. The summed E-state index contributed by atoms with van der Waals surface area (Å²) in [6.45, 7) is 3.99. The van der Waals surface area contributed by atoms with Gasteiger partial charge in [-0.2, -0.15) is 0 Å². The van der Waals surface area contributed by atoms with Crippen LogP contribution in [0.2, 0.25) is 0 Å². The largest absolute Gasteiger partial charge is 0.302 e. The van der Waals surface area contributed by atoms with Crippen LogP contribution in [0.1, 0.15) is 17.7 Å². The minimum atomic E-state index is -0.0404. The molecule has 0 aliphatic rings. The molecule has 1 amide bonds. The molecule has 26 heavy (non-hydrogen) atoms. The average molecular weight is 384 g/mol. The maximum absolute atomic E-state index is 12.1. The molecular formula is C18H17N5OS2. The second-order valence-corrected chi connectivity index (χ2v) is 7.88. The number of aromatic nitrogens is 4. The van der Waals surface area contributed by atoms with Gasteiger partial charge in [0, 0.05) is 22.9 Å². The van der Waals surface area contributed by atoms with Gasteiger partial charge in [-0.05, 0) is 31.5 Å². The van der Waals surface area contributed by atoms with Crippen molar-refractivity contribution < 1.29 is 4.79 Å². The van der Waals surface area contributed by atoms with Gasteiger partial charge in [0.1, 0.15) is 0 Å². The van der Waals surface area contributed by atoms with E-state index in [4.69, 9.17) is 0 Å². The summed E-state index contributed by atoms with van der Waals surface area (Å²) in [5, 5.41) is 16.0. The topological polar surface area (TPSA) is 72.2 Å². The van der Waals surface area contributed by atoms with Crippen LogP contribution >= 0.6 is 23.1 Å². The smallest absolute Gasteiger partial charge is 0.226 e. The predicted molar refractivity (Wildman–Crippen MR) is 106 cm³/mol. The van der Waals surface area contributed by atoms with Gasteiger partial charge in [0.15, 0.2) is 15.9 Å². The first kappa shape index (κ1) is 17.0. The van der Waals surface area contributed by atoms with E-state index in [0.717, 1.165) is 22.0 Å². The second-order valence-electron chi connectivity index (χ2n) is 5.96. The van der Waals surface area contributed by atoms with Gasteiger partial charge >= 0.3 is 0 Å². The molecule has 0 fully saturated rings. The number of aryl methyl sites for hydroxylation is 2. The Morgan fingerprint density at radius 1 is 1.27 bits per heavy atom. The minimum absolute atomic E-state index is 0.0404. The van der Waals surface area contributed by atoms with Gasteiger partial charge in [-0.25, -0.2) is 4.98 Å². The molecule has 8 heteroatoms. The maximum atomic E-state index is 12.1. The highest BCUT2D eigenvalue weighted by Gasteiger charge is 2.12. The van der Waals surface area contributed by atoms with E-state index in [2.05, 4.69) is 44.0 Å². The SMILES string of the molecule is Cc1csc(NC(=O)CCSc2nnc3cc(C)c4ccccc4n23)n1. The number of fused-ring (bicyclic) bond motifs is 3. The van der Waals surface area contributed by atoms with Crippen LogP contribution in [0.25, 0.3) is 16.6 Å². The van der Waals surface area contributed by atoms with Gasteiger partial charge in [0.25, 0.3) is 0 Å². The van der Waals surface area contributed by atoms with Gasteiger partial charge in [-0.15, -0.1) is 21.5 Å². The predicted octanol–water partition coefficient (Wildman–Crippen LogP) is 4.08. The number of thiazole rings is 1. The molecule has 0 spiro atoms. The number of nitrogens with one attached hydrogen (secondary N) is 1. The van der Waals surface area contributed by atoms with Crippen molar-refractivity contribution >= 4 is 50.7 Å². The first-order chi connectivity index (χ1) is 12.6. The third-order valence-electron chi connectivity index (χ3n) is 4.00. The summed E-state index contributed by atoms with van der Waals surface area (Å²) < 4.78 is 2.05. The van der Waals surface area contributed by atoms with Crippen LogP contribution in [-0.2, 0) is 4.79 Å². The zero-order valence-corrected chi connectivity index (χ0v) is 16.0. The normalized spacial score (nSPS) is 11.3. The highest BCUT2D eigenvalue weighted by molar-refractivity contribution is 7.99. The van der Waals surface area contributed by atoms with E-state index in [1.807, 2.05) is 30.5 Å². The number of hydrogen-bond acceptors (Lipinski definition) is 6. The first-order valence-electron chi connectivity index (χ1n) is 8.20. The monoisotopic (exact) mass is 383 g/mol. The lowest BCUT2D eigenvalue weighted by Gasteiger charge is -2.07. The van der Waals surface area contributed by atoms with Gasteiger partial charge in [-0.3, -0.25) is 9.20 Å². The lowest BCUT2D eigenvalue weighted by Crippen LogP contribution is -2.12. The Morgan fingerprint density at radius 2 is 2.12 bits per heavy atom. The third-order valence-corrected chi connectivity index (χ3v) is 5.81. The number of nitrogens with zero attached hydrogens (tertiary/aromatic N) is 4. The summed E-state index contributed by atoms with van der Waals surface area (Å²) in [6, 6.07) is 10.3. The van der Waals surface area contributed by atoms with E-state index in [0.29, 0.717) is 17.3 Å². The lowest BCUT2D eigenvalue weighted by molar-refractivity contribution is -0.115. The molecule has 1 N–H and O–H groups in total. The fourth-order valence-corrected chi connectivity index (χ4v) is 4.39. The molecule has 4 aromatic rings. The Bertz CT molecular complexity index is 1100. The molecule has 132 valence electrons. The molecule has 4 rings (SSSR count). The number of para-hydroxylation sites is 1. The van der Waals surface area contributed by atoms with Crippen LogP contribution in [0.3, 0.4) is 0 Å². The fourth-order valence-electron chi connectivity index (χ4n) is 2.80. The highest BCUT2D eigenvalue weighted by Crippen LogP contribution is 2.26. The number of benzene rings is 1.